The first-order valence-corrected chi connectivity index (χ1v) is 7.49. The van der Waals surface area contributed by atoms with Crippen molar-refractivity contribution in [1.29, 1.82) is 5.26 Å². The smallest absolute Gasteiger partial charge is 0.263 e. The molecule has 4 nitrogen and oxygen atoms in total. The molecule has 0 fully saturated rings. The molecule has 0 aliphatic rings. The fourth-order valence-corrected chi connectivity index (χ4v) is 2.19. The number of benzene rings is 2. The maximum Gasteiger partial charge on any atom is 0.263 e. The van der Waals surface area contributed by atoms with Crippen molar-refractivity contribution in [2.24, 2.45) is 0 Å². The Labute approximate surface area is 144 Å². The lowest BCUT2D eigenvalue weighted by molar-refractivity contribution is -0.117. The van der Waals surface area contributed by atoms with Crippen LogP contribution in [0.5, 0.6) is 0 Å². The Morgan fingerprint density at radius 2 is 1.96 bits per heavy atom. The molecule has 2 N–H and O–H groups in total. The van der Waals surface area contributed by atoms with Crippen LogP contribution in [0.4, 0.5) is 5.69 Å². The van der Waals surface area contributed by atoms with E-state index in [-0.39, 0.29) is 12.1 Å². The summed E-state index contributed by atoms with van der Waals surface area (Å²) in [7, 11) is 0. The first-order chi connectivity index (χ1) is 11.1. The van der Waals surface area contributed by atoms with Crippen LogP contribution >= 0.6 is 23.2 Å². The lowest BCUT2D eigenvalue weighted by Crippen LogP contribution is -2.24. The molecule has 0 aliphatic heterocycles. The second kappa shape index (κ2) is 8.23. The topological polar surface area (TPSA) is 64.9 Å². The third kappa shape index (κ3) is 5.03. The molecule has 0 saturated heterocycles. The molecule has 0 heterocycles. The van der Waals surface area contributed by atoms with Gasteiger partial charge in [-0.15, -0.1) is 0 Å². The Balaban J connectivity index is 2.00. The van der Waals surface area contributed by atoms with Crippen LogP contribution < -0.4 is 10.6 Å². The number of nitrogens with one attached hydrogen (secondary N) is 2. The number of carbonyl (C=O) groups excluding carboxylic acids is 1. The molecule has 0 unspecified atom stereocenters. The van der Waals surface area contributed by atoms with E-state index in [4.69, 9.17) is 28.5 Å². The number of halogens is 2. The van der Waals surface area contributed by atoms with Crippen LogP contribution in [0.25, 0.3) is 0 Å². The zero-order chi connectivity index (χ0) is 16.7. The van der Waals surface area contributed by atoms with E-state index in [0.29, 0.717) is 15.7 Å². The molecule has 116 valence electrons. The maximum absolute atomic E-state index is 12.0. The maximum atomic E-state index is 12.0. The molecule has 0 bridgehead atoms. The van der Waals surface area contributed by atoms with Gasteiger partial charge in [0.15, 0.2) is 0 Å². The van der Waals surface area contributed by atoms with Crippen LogP contribution in [0.3, 0.4) is 0 Å². The molecular weight excluding hydrogens is 333 g/mol. The molecule has 23 heavy (non-hydrogen) atoms. The number of hydrogen-bond acceptors (Lipinski definition) is 3. The van der Waals surface area contributed by atoms with Crippen molar-refractivity contribution in [3.63, 3.8) is 0 Å². The minimum Gasteiger partial charge on any atom is -0.360 e. The highest BCUT2D eigenvalue weighted by molar-refractivity contribution is 6.31. The van der Waals surface area contributed by atoms with Gasteiger partial charge in [-0.2, -0.15) is 5.26 Å². The van der Waals surface area contributed by atoms with Crippen molar-refractivity contribution < 1.29 is 4.79 Å². The Morgan fingerprint density at radius 1 is 1.17 bits per heavy atom. The Kier molecular flexibility index (Phi) is 6.04. The van der Waals surface area contributed by atoms with E-state index in [2.05, 4.69) is 10.6 Å². The predicted octanol–water partition coefficient (Wildman–Crippen LogP) is 4.13. The molecule has 2 aromatic carbocycles. The van der Waals surface area contributed by atoms with Gasteiger partial charge in [0.25, 0.3) is 5.91 Å². The van der Waals surface area contributed by atoms with Gasteiger partial charge in [0, 0.05) is 28.5 Å². The summed E-state index contributed by atoms with van der Waals surface area (Å²) >= 11 is 11.9. The highest BCUT2D eigenvalue weighted by atomic mass is 35.5. The standard InChI is InChI=1S/C17H13Cl2N3O/c18-14-5-3-6-15(8-14)21-11-13(9-20)17(23)22-10-12-4-1-2-7-16(12)19/h1-8,11,21H,10H2,(H,22,23)/b13-11-. The Morgan fingerprint density at radius 3 is 2.65 bits per heavy atom. The largest absolute Gasteiger partial charge is 0.360 e. The average molecular weight is 346 g/mol. The van der Waals surface area contributed by atoms with Crippen molar-refractivity contribution in [3.8, 4) is 6.07 Å². The van der Waals surface area contributed by atoms with Crippen LogP contribution in [0.1, 0.15) is 5.56 Å². The van der Waals surface area contributed by atoms with E-state index >= 15 is 0 Å². The van der Waals surface area contributed by atoms with Crippen LogP contribution in [-0.2, 0) is 11.3 Å². The summed E-state index contributed by atoms with van der Waals surface area (Å²) in [6, 6.07) is 16.0. The van der Waals surface area contributed by atoms with Crippen LogP contribution in [-0.4, -0.2) is 5.91 Å². The zero-order valence-electron chi connectivity index (χ0n) is 12.0. The van der Waals surface area contributed by atoms with Gasteiger partial charge in [-0.1, -0.05) is 47.5 Å². The Bertz CT molecular complexity index is 781. The fourth-order valence-electron chi connectivity index (χ4n) is 1.79. The second-order valence-electron chi connectivity index (χ2n) is 4.60. The van der Waals surface area contributed by atoms with E-state index in [9.17, 15) is 4.79 Å². The van der Waals surface area contributed by atoms with Crippen LogP contribution in [0.15, 0.2) is 60.3 Å². The monoisotopic (exact) mass is 345 g/mol. The van der Waals surface area contributed by atoms with Gasteiger partial charge in [-0.25, -0.2) is 0 Å². The molecule has 0 aliphatic carbocycles. The molecule has 2 rings (SSSR count). The predicted molar refractivity (Wildman–Crippen MR) is 92.1 cm³/mol. The van der Waals surface area contributed by atoms with Gasteiger partial charge in [0.05, 0.1) is 0 Å². The summed E-state index contributed by atoms with van der Waals surface area (Å²) in [5.74, 6) is -0.484. The molecular formula is C17H13Cl2N3O. The van der Waals surface area contributed by atoms with Gasteiger partial charge in [0.1, 0.15) is 11.6 Å². The van der Waals surface area contributed by atoms with Crippen molar-refractivity contribution in [3.05, 3.63) is 75.9 Å². The summed E-state index contributed by atoms with van der Waals surface area (Å²) in [6.07, 6.45) is 1.34. The second-order valence-corrected chi connectivity index (χ2v) is 5.44. The number of rotatable bonds is 5. The third-order valence-corrected chi connectivity index (χ3v) is 3.57. The Hall–Kier alpha value is -2.48. The van der Waals surface area contributed by atoms with Crippen LogP contribution in [0.2, 0.25) is 10.0 Å². The lowest BCUT2D eigenvalue weighted by atomic mass is 10.2. The van der Waals surface area contributed by atoms with Gasteiger partial charge in [0.2, 0.25) is 0 Å². The quantitative estimate of drug-likeness (QED) is 0.632. The number of amides is 1. The molecule has 0 spiro atoms. The van der Waals surface area contributed by atoms with Crippen molar-refractivity contribution >= 4 is 34.8 Å². The summed E-state index contributed by atoms with van der Waals surface area (Å²) in [5, 5.41) is 15.8. The van der Waals surface area contributed by atoms with Gasteiger partial charge < -0.3 is 10.6 Å². The van der Waals surface area contributed by atoms with Crippen molar-refractivity contribution in [2.75, 3.05) is 5.32 Å². The molecule has 0 atom stereocenters. The fraction of sp³-hybridized carbons (Fsp3) is 0.0588. The molecule has 0 saturated carbocycles. The van der Waals surface area contributed by atoms with Gasteiger partial charge >= 0.3 is 0 Å². The van der Waals surface area contributed by atoms with E-state index in [0.717, 1.165) is 5.56 Å². The zero-order valence-corrected chi connectivity index (χ0v) is 13.5. The summed E-state index contributed by atoms with van der Waals surface area (Å²) in [4.78, 5) is 12.0. The first kappa shape index (κ1) is 16.9. The van der Waals surface area contributed by atoms with E-state index in [1.807, 2.05) is 24.3 Å². The average Bonchev–Trinajstić information content (AvgIpc) is 2.55. The third-order valence-electron chi connectivity index (χ3n) is 2.97. The summed E-state index contributed by atoms with van der Waals surface area (Å²) in [6.45, 7) is 0.245. The van der Waals surface area contributed by atoms with Crippen LogP contribution in [0, 0.1) is 11.3 Å². The summed E-state index contributed by atoms with van der Waals surface area (Å²) < 4.78 is 0. The van der Waals surface area contributed by atoms with E-state index < -0.39 is 5.91 Å². The SMILES string of the molecule is N#C/C(=C/Nc1cccc(Cl)c1)C(=O)NCc1ccccc1Cl. The molecule has 2 aromatic rings. The number of nitriles is 1. The molecule has 1 amide bonds. The molecule has 0 radical (unpaired) electrons. The highest BCUT2D eigenvalue weighted by Crippen LogP contribution is 2.16. The lowest BCUT2D eigenvalue weighted by Gasteiger charge is -2.07. The minimum atomic E-state index is -0.484. The van der Waals surface area contributed by atoms with Crippen molar-refractivity contribution in [1.82, 2.24) is 5.32 Å². The van der Waals surface area contributed by atoms with Gasteiger partial charge in [-0.3, -0.25) is 4.79 Å². The number of hydrogen-bond donors (Lipinski definition) is 2. The van der Waals surface area contributed by atoms with E-state index in [1.54, 1.807) is 30.3 Å². The first-order valence-electron chi connectivity index (χ1n) is 6.74. The molecule has 6 heteroatoms. The van der Waals surface area contributed by atoms with Gasteiger partial charge in [-0.05, 0) is 29.8 Å². The number of nitrogens with zero attached hydrogens (tertiary/aromatic N) is 1. The number of anilines is 1. The molecule has 0 aromatic heterocycles. The normalized spacial score (nSPS) is 10.7. The van der Waals surface area contributed by atoms with Crippen molar-refractivity contribution in [2.45, 2.75) is 6.54 Å². The highest BCUT2D eigenvalue weighted by Gasteiger charge is 2.09. The summed E-state index contributed by atoms with van der Waals surface area (Å²) in [5.41, 5.74) is 1.42. The number of carbonyl (C=O) groups is 1. The van der Waals surface area contributed by atoms with E-state index in [1.165, 1.54) is 6.20 Å². The minimum absolute atomic E-state index is 0.0444.